The molecule has 4 aliphatic rings. The molecule has 4 fully saturated rings. The molecule has 0 radical (unpaired) electrons. The molecule has 0 saturated heterocycles. The van der Waals surface area contributed by atoms with E-state index < -0.39 is 5.97 Å². The summed E-state index contributed by atoms with van der Waals surface area (Å²) in [6.45, 7) is 1.90. The van der Waals surface area contributed by atoms with E-state index >= 15 is 0 Å². The molecular formula is C24H31NO4. The first-order valence-electron chi connectivity index (χ1n) is 10.7. The molecule has 5 heteroatoms. The second-order valence-electron chi connectivity index (χ2n) is 9.28. The van der Waals surface area contributed by atoms with Gasteiger partial charge in [-0.1, -0.05) is 12.1 Å². The predicted molar refractivity (Wildman–Crippen MR) is 111 cm³/mol. The largest absolute Gasteiger partial charge is 0.497 e. The van der Waals surface area contributed by atoms with E-state index in [1.165, 1.54) is 44.6 Å². The molecule has 0 heterocycles. The molecule has 1 N–H and O–H groups in total. The second kappa shape index (κ2) is 8.21. The lowest BCUT2D eigenvalue weighted by Gasteiger charge is -2.59. The van der Waals surface area contributed by atoms with Crippen LogP contribution in [0.2, 0.25) is 0 Å². The van der Waals surface area contributed by atoms with Gasteiger partial charge in [-0.3, -0.25) is 4.79 Å². The van der Waals surface area contributed by atoms with Gasteiger partial charge < -0.3 is 14.8 Å². The highest BCUT2D eigenvalue weighted by molar-refractivity contribution is 5.89. The number of benzene rings is 1. The number of hydrogen-bond acceptors (Lipinski definition) is 4. The number of amides is 1. The molecule has 4 saturated carbocycles. The summed E-state index contributed by atoms with van der Waals surface area (Å²) in [5.41, 5.74) is 1.12. The highest BCUT2D eigenvalue weighted by Gasteiger charge is 2.53. The third-order valence-corrected chi connectivity index (χ3v) is 7.25. The van der Waals surface area contributed by atoms with Gasteiger partial charge in [0.1, 0.15) is 5.75 Å². The third-order valence-electron chi connectivity index (χ3n) is 7.25. The maximum absolute atomic E-state index is 12.4. The zero-order valence-corrected chi connectivity index (χ0v) is 17.4. The monoisotopic (exact) mass is 397 g/mol. The Hall–Kier alpha value is -2.30. The fourth-order valence-corrected chi connectivity index (χ4v) is 6.21. The Morgan fingerprint density at radius 1 is 1.10 bits per heavy atom. The van der Waals surface area contributed by atoms with Crippen molar-refractivity contribution in [1.29, 1.82) is 0 Å². The van der Waals surface area contributed by atoms with Crippen molar-refractivity contribution in [2.24, 2.45) is 23.2 Å². The van der Waals surface area contributed by atoms with Crippen LogP contribution in [0.15, 0.2) is 30.3 Å². The molecule has 0 aliphatic heterocycles. The minimum atomic E-state index is -0.515. The second-order valence-corrected chi connectivity index (χ2v) is 9.28. The normalized spacial score (nSPS) is 30.9. The van der Waals surface area contributed by atoms with Crippen LogP contribution in [-0.4, -0.2) is 31.6 Å². The van der Waals surface area contributed by atoms with Crippen LogP contribution in [0.4, 0.5) is 0 Å². The smallest absolute Gasteiger partial charge is 0.331 e. The Kier molecular flexibility index (Phi) is 5.66. The molecule has 1 aromatic carbocycles. The zero-order chi connectivity index (χ0) is 20.4. The van der Waals surface area contributed by atoms with Crippen LogP contribution in [0.5, 0.6) is 5.75 Å². The van der Waals surface area contributed by atoms with Crippen LogP contribution in [0.1, 0.15) is 51.0 Å². The summed E-state index contributed by atoms with van der Waals surface area (Å²) >= 11 is 0. The minimum absolute atomic E-state index is 0.136. The van der Waals surface area contributed by atoms with Crippen molar-refractivity contribution < 1.29 is 19.1 Å². The van der Waals surface area contributed by atoms with Gasteiger partial charge in [0.2, 0.25) is 0 Å². The maximum Gasteiger partial charge on any atom is 0.331 e. The van der Waals surface area contributed by atoms with Gasteiger partial charge in [0.25, 0.3) is 5.91 Å². The lowest BCUT2D eigenvalue weighted by atomic mass is 9.48. The molecule has 156 valence electrons. The molecule has 1 amide bonds. The molecule has 1 aromatic rings. The Morgan fingerprint density at radius 2 is 1.69 bits per heavy atom. The van der Waals surface area contributed by atoms with Gasteiger partial charge in [-0.15, -0.1) is 0 Å². The maximum atomic E-state index is 12.4. The van der Waals surface area contributed by atoms with E-state index in [-0.39, 0.29) is 24.0 Å². The van der Waals surface area contributed by atoms with Crippen LogP contribution in [0, 0.1) is 23.2 Å². The van der Waals surface area contributed by atoms with Crippen molar-refractivity contribution in [3.63, 3.8) is 0 Å². The molecule has 1 atom stereocenters. The number of carbonyl (C=O) groups is 2. The van der Waals surface area contributed by atoms with Gasteiger partial charge in [0.05, 0.1) is 7.11 Å². The van der Waals surface area contributed by atoms with Crippen LogP contribution in [-0.2, 0) is 14.3 Å². The average Bonchev–Trinajstić information content (AvgIpc) is 2.70. The Labute approximate surface area is 172 Å². The quantitative estimate of drug-likeness (QED) is 0.558. The van der Waals surface area contributed by atoms with Crippen molar-refractivity contribution in [3.8, 4) is 5.75 Å². The molecule has 4 bridgehead atoms. The summed E-state index contributed by atoms with van der Waals surface area (Å²) in [4.78, 5) is 24.3. The summed E-state index contributed by atoms with van der Waals surface area (Å²) in [5, 5.41) is 3.12. The van der Waals surface area contributed by atoms with Crippen LogP contribution >= 0.6 is 0 Å². The van der Waals surface area contributed by atoms with Crippen LogP contribution in [0.3, 0.4) is 0 Å². The van der Waals surface area contributed by atoms with E-state index in [0.717, 1.165) is 29.1 Å². The minimum Gasteiger partial charge on any atom is -0.497 e. The molecule has 5 rings (SSSR count). The van der Waals surface area contributed by atoms with Gasteiger partial charge in [-0.2, -0.15) is 0 Å². The van der Waals surface area contributed by atoms with Crippen molar-refractivity contribution in [2.45, 2.75) is 51.5 Å². The van der Waals surface area contributed by atoms with E-state index in [0.29, 0.717) is 0 Å². The van der Waals surface area contributed by atoms with Gasteiger partial charge in [0, 0.05) is 12.1 Å². The van der Waals surface area contributed by atoms with Gasteiger partial charge >= 0.3 is 5.97 Å². The molecule has 0 aromatic heterocycles. The molecule has 5 nitrogen and oxygen atoms in total. The lowest BCUT2D eigenvalue weighted by molar-refractivity contribution is -0.145. The van der Waals surface area contributed by atoms with Crippen LogP contribution in [0.25, 0.3) is 6.08 Å². The van der Waals surface area contributed by atoms with E-state index in [1.807, 2.05) is 24.3 Å². The molecule has 1 unspecified atom stereocenters. The molecule has 4 aliphatic carbocycles. The number of methoxy groups -OCH3 is 1. The number of nitrogens with one attached hydrogen (secondary N) is 1. The SMILES string of the molecule is COc1ccc(/C=C/C(=O)OCC(=O)NC(C)C23CC4CC(CC(C4)C2)C3)cc1. The summed E-state index contributed by atoms with van der Waals surface area (Å²) in [5.74, 6) is 2.58. The first kappa shape index (κ1) is 20.0. The molecular weight excluding hydrogens is 366 g/mol. The van der Waals surface area contributed by atoms with E-state index in [4.69, 9.17) is 9.47 Å². The number of esters is 1. The van der Waals surface area contributed by atoms with Gasteiger partial charge in [0.15, 0.2) is 6.61 Å². The first-order chi connectivity index (χ1) is 14.0. The standard InChI is InChI=1S/C24H31NO4/c1-16(24-12-18-9-19(13-24)11-20(10-18)14-24)25-22(26)15-29-23(27)8-5-17-3-6-21(28-2)7-4-17/h3-8,16,18-20H,9-15H2,1-2H3,(H,25,26)/b8-5+. The first-order valence-corrected chi connectivity index (χ1v) is 10.7. The van der Waals surface area contributed by atoms with Crippen molar-refractivity contribution in [1.82, 2.24) is 5.32 Å². The zero-order valence-electron chi connectivity index (χ0n) is 17.4. The summed E-state index contributed by atoms with van der Waals surface area (Å²) in [7, 11) is 1.61. The van der Waals surface area contributed by atoms with Gasteiger partial charge in [-0.05, 0) is 92.4 Å². The highest BCUT2D eigenvalue weighted by atomic mass is 16.5. The molecule has 29 heavy (non-hydrogen) atoms. The third kappa shape index (κ3) is 4.49. The van der Waals surface area contributed by atoms with Gasteiger partial charge in [-0.25, -0.2) is 4.79 Å². The van der Waals surface area contributed by atoms with E-state index in [9.17, 15) is 9.59 Å². The summed E-state index contributed by atoms with van der Waals surface area (Å²) in [6, 6.07) is 7.48. The fourth-order valence-electron chi connectivity index (χ4n) is 6.21. The van der Waals surface area contributed by atoms with Crippen molar-refractivity contribution in [3.05, 3.63) is 35.9 Å². The molecule has 0 spiro atoms. The Balaban J connectivity index is 1.24. The Morgan fingerprint density at radius 3 is 2.24 bits per heavy atom. The predicted octanol–water partition coefficient (Wildman–Crippen LogP) is 3.97. The number of ether oxygens (including phenoxy) is 2. The summed E-state index contributed by atoms with van der Waals surface area (Å²) < 4.78 is 10.2. The van der Waals surface area contributed by atoms with Crippen molar-refractivity contribution >= 4 is 18.0 Å². The van der Waals surface area contributed by atoms with Crippen molar-refractivity contribution in [2.75, 3.05) is 13.7 Å². The highest BCUT2D eigenvalue weighted by Crippen LogP contribution is 2.61. The topological polar surface area (TPSA) is 64.6 Å². The van der Waals surface area contributed by atoms with E-state index in [1.54, 1.807) is 13.2 Å². The Bertz CT molecular complexity index is 747. The van der Waals surface area contributed by atoms with Crippen LogP contribution < -0.4 is 10.1 Å². The fraction of sp³-hybridized carbons (Fsp3) is 0.583. The summed E-state index contributed by atoms with van der Waals surface area (Å²) in [6.07, 6.45) is 10.9. The number of hydrogen-bond donors (Lipinski definition) is 1. The van der Waals surface area contributed by atoms with E-state index in [2.05, 4.69) is 12.2 Å². The number of rotatable bonds is 7. The number of carbonyl (C=O) groups excluding carboxylic acids is 2. The lowest BCUT2D eigenvalue weighted by Crippen LogP contribution is -2.56. The average molecular weight is 398 g/mol.